The van der Waals surface area contributed by atoms with Gasteiger partial charge >= 0.3 is 0 Å². The second-order valence-electron chi connectivity index (χ2n) is 7.04. The fourth-order valence-corrected chi connectivity index (χ4v) is 3.53. The molecular weight excluding hydrogens is 390 g/mol. The average molecular weight is 418 g/mol. The molecule has 8 nitrogen and oxygen atoms in total. The maximum absolute atomic E-state index is 11.4. The van der Waals surface area contributed by atoms with E-state index in [-0.39, 0.29) is 0 Å². The SMILES string of the molecule is C=N/C(=C\C=C/CCC)c1nn2c(c1-c1ccc(N=CN)nc1/C=C/C(N)=O)CCC2. The minimum Gasteiger partial charge on any atom is -0.390 e. The van der Waals surface area contributed by atoms with E-state index in [2.05, 4.69) is 34.7 Å². The van der Waals surface area contributed by atoms with Crippen molar-refractivity contribution in [2.75, 3.05) is 0 Å². The summed E-state index contributed by atoms with van der Waals surface area (Å²) >= 11 is 0. The number of primary amides is 1. The summed E-state index contributed by atoms with van der Waals surface area (Å²) in [6, 6.07) is 3.68. The van der Waals surface area contributed by atoms with E-state index in [1.807, 2.05) is 22.9 Å². The van der Waals surface area contributed by atoms with Crippen LogP contribution in [0.15, 0.2) is 46.4 Å². The number of rotatable bonds is 9. The van der Waals surface area contributed by atoms with E-state index < -0.39 is 5.91 Å². The molecule has 160 valence electrons. The first kappa shape index (κ1) is 21.9. The number of hydrogen-bond donors (Lipinski definition) is 2. The maximum Gasteiger partial charge on any atom is 0.241 e. The molecule has 1 amide bonds. The van der Waals surface area contributed by atoms with Gasteiger partial charge in [-0.15, -0.1) is 0 Å². The Morgan fingerprint density at radius 3 is 2.94 bits per heavy atom. The van der Waals surface area contributed by atoms with E-state index in [1.165, 1.54) is 12.4 Å². The van der Waals surface area contributed by atoms with Gasteiger partial charge in [-0.25, -0.2) is 9.98 Å². The summed E-state index contributed by atoms with van der Waals surface area (Å²) in [7, 11) is 0. The van der Waals surface area contributed by atoms with Crippen molar-refractivity contribution < 1.29 is 4.79 Å². The van der Waals surface area contributed by atoms with E-state index in [4.69, 9.17) is 16.6 Å². The van der Waals surface area contributed by atoms with Gasteiger partial charge in [0, 0.05) is 29.4 Å². The fraction of sp³-hybridized carbons (Fsp3) is 0.261. The van der Waals surface area contributed by atoms with Gasteiger partial charge in [-0.1, -0.05) is 25.5 Å². The molecule has 0 bridgehead atoms. The first-order chi connectivity index (χ1) is 15.1. The van der Waals surface area contributed by atoms with E-state index in [9.17, 15) is 4.79 Å². The lowest BCUT2D eigenvalue weighted by Crippen LogP contribution is -2.05. The zero-order valence-electron chi connectivity index (χ0n) is 17.7. The Labute approximate surface area is 181 Å². The van der Waals surface area contributed by atoms with Crippen molar-refractivity contribution in [3.8, 4) is 11.1 Å². The highest BCUT2D eigenvalue weighted by Crippen LogP contribution is 2.38. The topological polar surface area (TPSA) is 125 Å². The molecule has 0 unspecified atom stereocenters. The summed E-state index contributed by atoms with van der Waals surface area (Å²) in [5.41, 5.74) is 15.6. The molecule has 0 saturated carbocycles. The van der Waals surface area contributed by atoms with Crippen molar-refractivity contribution in [3.63, 3.8) is 0 Å². The van der Waals surface area contributed by atoms with Crippen LogP contribution in [-0.2, 0) is 17.8 Å². The summed E-state index contributed by atoms with van der Waals surface area (Å²) in [6.45, 7) is 6.72. The van der Waals surface area contributed by atoms with Gasteiger partial charge in [-0.2, -0.15) is 5.10 Å². The zero-order valence-corrected chi connectivity index (χ0v) is 17.7. The normalized spacial score (nSPS) is 14.2. The van der Waals surface area contributed by atoms with Gasteiger partial charge in [-0.05, 0) is 50.3 Å². The van der Waals surface area contributed by atoms with Gasteiger partial charge in [0.25, 0.3) is 0 Å². The van der Waals surface area contributed by atoms with Crippen molar-refractivity contribution >= 4 is 36.6 Å². The van der Waals surface area contributed by atoms with Crippen LogP contribution in [0.1, 0.15) is 43.3 Å². The Hall–Kier alpha value is -3.81. The first-order valence-electron chi connectivity index (χ1n) is 10.3. The Morgan fingerprint density at radius 2 is 2.23 bits per heavy atom. The van der Waals surface area contributed by atoms with Gasteiger partial charge in [0.2, 0.25) is 5.91 Å². The molecule has 3 heterocycles. The van der Waals surface area contributed by atoms with Crippen LogP contribution in [0.2, 0.25) is 0 Å². The van der Waals surface area contributed by atoms with Crippen LogP contribution in [-0.4, -0.2) is 33.7 Å². The van der Waals surface area contributed by atoms with Gasteiger partial charge in [-0.3, -0.25) is 14.5 Å². The molecule has 4 N–H and O–H groups in total. The minimum absolute atomic E-state index is 0.431. The van der Waals surface area contributed by atoms with E-state index >= 15 is 0 Å². The quantitative estimate of drug-likeness (QED) is 0.281. The molecule has 8 heteroatoms. The molecule has 0 saturated heterocycles. The number of aryl methyl sites for hydroxylation is 1. The molecule has 0 aromatic carbocycles. The van der Waals surface area contributed by atoms with E-state index in [1.54, 1.807) is 12.1 Å². The van der Waals surface area contributed by atoms with Crippen LogP contribution >= 0.6 is 0 Å². The number of aliphatic imine (C=N–C) groups is 2. The number of pyridine rings is 1. The number of allylic oxidation sites excluding steroid dienone is 3. The monoisotopic (exact) mass is 417 g/mol. The van der Waals surface area contributed by atoms with Crippen molar-refractivity contribution in [3.05, 3.63) is 53.5 Å². The van der Waals surface area contributed by atoms with E-state index in [0.717, 1.165) is 54.7 Å². The highest BCUT2D eigenvalue weighted by Gasteiger charge is 2.26. The van der Waals surface area contributed by atoms with Crippen LogP contribution < -0.4 is 11.5 Å². The van der Waals surface area contributed by atoms with Crippen molar-refractivity contribution in [1.82, 2.24) is 14.8 Å². The highest BCUT2D eigenvalue weighted by molar-refractivity contribution is 5.93. The molecule has 0 spiro atoms. The first-order valence-corrected chi connectivity index (χ1v) is 10.3. The summed E-state index contributed by atoms with van der Waals surface area (Å²) < 4.78 is 2.01. The molecule has 1 aliphatic rings. The number of fused-ring (bicyclic) bond motifs is 1. The summed E-state index contributed by atoms with van der Waals surface area (Å²) in [4.78, 5) is 24.2. The highest BCUT2D eigenvalue weighted by atomic mass is 16.1. The van der Waals surface area contributed by atoms with Crippen LogP contribution in [0.5, 0.6) is 0 Å². The van der Waals surface area contributed by atoms with Crippen molar-refractivity contribution in [1.29, 1.82) is 0 Å². The molecule has 2 aromatic heterocycles. The number of aromatic nitrogens is 3. The largest absolute Gasteiger partial charge is 0.390 e. The molecule has 0 radical (unpaired) electrons. The van der Waals surface area contributed by atoms with Crippen molar-refractivity contribution in [2.24, 2.45) is 21.5 Å². The molecule has 3 rings (SSSR count). The third kappa shape index (κ3) is 5.03. The fourth-order valence-electron chi connectivity index (χ4n) is 3.53. The number of nitrogens with zero attached hydrogens (tertiary/aromatic N) is 5. The second kappa shape index (κ2) is 10.3. The average Bonchev–Trinajstić information content (AvgIpc) is 3.34. The number of hydrogen-bond acceptors (Lipinski definition) is 5. The predicted molar refractivity (Wildman–Crippen MR) is 126 cm³/mol. The maximum atomic E-state index is 11.4. The number of amides is 1. The Balaban J connectivity index is 2.20. The summed E-state index contributed by atoms with van der Waals surface area (Å²) in [5.74, 6) is -0.129. The molecular formula is C23H27N7O. The molecule has 0 fully saturated rings. The predicted octanol–water partition coefficient (Wildman–Crippen LogP) is 3.41. The molecule has 31 heavy (non-hydrogen) atoms. The third-order valence-corrected chi connectivity index (χ3v) is 4.89. The van der Waals surface area contributed by atoms with Crippen LogP contribution in [0.3, 0.4) is 0 Å². The van der Waals surface area contributed by atoms with Gasteiger partial charge in [0.15, 0.2) is 5.82 Å². The molecule has 0 aliphatic carbocycles. The van der Waals surface area contributed by atoms with Crippen LogP contribution in [0.25, 0.3) is 22.9 Å². The standard InChI is InChI=1S/C23H27N7O/c1-3-4-5-6-8-18(26-2)23-22(19-9-7-14-30(19)29-23)16-10-13-21(27-15-24)28-17(16)11-12-20(25)31/h5-6,8,10-13,15H,2-4,7,9,14H2,1H3,(H2,25,31)(H2,24,27,28)/b6-5-,12-11+,18-8-. The van der Waals surface area contributed by atoms with Gasteiger partial charge < -0.3 is 11.5 Å². The Kier molecular flexibility index (Phi) is 7.26. The van der Waals surface area contributed by atoms with Crippen LogP contribution in [0.4, 0.5) is 5.82 Å². The van der Waals surface area contributed by atoms with E-state index in [0.29, 0.717) is 17.2 Å². The second-order valence-corrected chi connectivity index (χ2v) is 7.04. The lowest BCUT2D eigenvalue weighted by Gasteiger charge is -2.09. The van der Waals surface area contributed by atoms with Crippen LogP contribution in [0, 0.1) is 0 Å². The van der Waals surface area contributed by atoms with Gasteiger partial charge in [0.1, 0.15) is 5.69 Å². The number of carbonyl (C=O) groups excluding carboxylic acids is 1. The molecule has 0 atom stereocenters. The lowest BCUT2D eigenvalue weighted by molar-refractivity contribution is -0.113. The number of nitrogens with two attached hydrogens (primary N) is 2. The smallest absolute Gasteiger partial charge is 0.241 e. The Morgan fingerprint density at radius 1 is 1.39 bits per heavy atom. The molecule has 2 aromatic rings. The Bertz CT molecular complexity index is 1090. The minimum atomic E-state index is -0.560. The molecule has 1 aliphatic heterocycles. The number of unbranched alkanes of at least 4 members (excludes halogenated alkanes) is 1. The lowest BCUT2D eigenvalue weighted by atomic mass is 9.98. The van der Waals surface area contributed by atoms with Crippen molar-refractivity contribution in [2.45, 2.75) is 39.2 Å². The van der Waals surface area contributed by atoms with Gasteiger partial charge in [0.05, 0.1) is 17.7 Å². The summed E-state index contributed by atoms with van der Waals surface area (Å²) in [6.07, 6.45) is 14.0. The number of carbonyl (C=O) groups is 1. The third-order valence-electron chi connectivity index (χ3n) is 4.89. The zero-order chi connectivity index (χ0) is 22.2. The summed E-state index contributed by atoms with van der Waals surface area (Å²) in [5, 5.41) is 4.82.